The summed E-state index contributed by atoms with van der Waals surface area (Å²) in [6, 6.07) is 0. The van der Waals surface area contributed by atoms with Crippen LogP contribution in [0, 0.1) is 11.8 Å². The average molecular weight is 360 g/mol. The van der Waals surface area contributed by atoms with Gasteiger partial charge in [-0.1, -0.05) is 39.5 Å². The molecule has 0 aromatic carbocycles. The van der Waals surface area contributed by atoms with Gasteiger partial charge in [0.05, 0.1) is 32.1 Å². The van der Waals surface area contributed by atoms with Gasteiger partial charge >= 0.3 is 5.97 Å². The Labute approximate surface area is 155 Å². The molecule has 25 heavy (non-hydrogen) atoms. The van der Waals surface area contributed by atoms with E-state index in [0.717, 1.165) is 25.7 Å². The number of carboxylic acids is 2. The Kier molecular flexibility index (Phi) is 15.9. The van der Waals surface area contributed by atoms with Gasteiger partial charge in [0.25, 0.3) is 0 Å². The van der Waals surface area contributed by atoms with Crippen molar-refractivity contribution >= 4 is 11.9 Å². The fourth-order valence-electron chi connectivity index (χ4n) is 3.17. The van der Waals surface area contributed by atoms with Gasteiger partial charge in [0, 0.05) is 11.9 Å². The van der Waals surface area contributed by atoms with Crippen LogP contribution in [0.5, 0.6) is 0 Å². The maximum atomic E-state index is 11.0. The second kappa shape index (κ2) is 15.2. The van der Waals surface area contributed by atoms with Gasteiger partial charge in [0.2, 0.25) is 0 Å². The third-order valence-electron chi connectivity index (χ3n) is 5.53. The standard InChI is InChI=1S/C12H22O4.C8H20N/c1-3-5-7-9(11(13)14)10(12(15)16)8-6-4-2;1-5-9(6-2,7-3)8-4/h9-10H,3-8H2,1-2H3,(H,13,14)(H,15,16);5-8H2,1-4H3/q;+1/p-1. The summed E-state index contributed by atoms with van der Waals surface area (Å²) in [4.78, 5) is 22.0. The van der Waals surface area contributed by atoms with Gasteiger partial charge in [0.15, 0.2) is 0 Å². The van der Waals surface area contributed by atoms with E-state index in [1.165, 1.54) is 30.7 Å². The van der Waals surface area contributed by atoms with Gasteiger partial charge in [-0.2, -0.15) is 0 Å². The smallest absolute Gasteiger partial charge is 0.307 e. The quantitative estimate of drug-likeness (QED) is 0.512. The third-order valence-corrected chi connectivity index (χ3v) is 5.53. The Morgan fingerprint density at radius 3 is 1.36 bits per heavy atom. The lowest BCUT2D eigenvalue weighted by Gasteiger charge is -2.34. The molecule has 5 nitrogen and oxygen atoms in total. The highest BCUT2D eigenvalue weighted by Gasteiger charge is 2.27. The van der Waals surface area contributed by atoms with E-state index >= 15 is 0 Å². The maximum absolute atomic E-state index is 11.0. The van der Waals surface area contributed by atoms with Crippen molar-refractivity contribution in [2.75, 3.05) is 26.2 Å². The van der Waals surface area contributed by atoms with E-state index in [2.05, 4.69) is 27.7 Å². The minimum atomic E-state index is -1.23. The van der Waals surface area contributed by atoms with Crippen molar-refractivity contribution in [2.45, 2.75) is 80.1 Å². The predicted octanol–water partition coefficient (Wildman–Crippen LogP) is 3.32. The Morgan fingerprint density at radius 1 is 0.800 bits per heavy atom. The van der Waals surface area contributed by atoms with Gasteiger partial charge in [-0.25, -0.2) is 0 Å². The number of nitrogens with zero attached hydrogens (tertiary/aromatic N) is 1. The minimum Gasteiger partial charge on any atom is -0.550 e. The molecule has 0 aliphatic carbocycles. The first kappa shape index (κ1) is 26.1. The van der Waals surface area contributed by atoms with Crippen LogP contribution in [0.3, 0.4) is 0 Å². The molecule has 2 unspecified atom stereocenters. The van der Waals surface area contributed by atoms with E-state index in [-0.39, 0.29) is 0 Å². The van der Waals surface area contributed by atoms with Crippen LogP contribution in [0.2, 0.25) is 0 Å². The second-order valence-electron chi connectivity index (χ2n) is 6.76. The Morgan fingerprint density at radius 2 is 1.16 bits per heavy atom. The van der Waals surface area contributed by atoms with Crippen LogP contribution in [-0.4, -0.2) is 47.7 Å². The molecule has 0 aromatic rings. The molecule has 1 N–H and O–H groups in total. The monoisotopic (exact) mass is 359 g/mol. The number of carboxylic acid groups (broad SMARTS) is 2. The molecule has 0 saturated heterocycles. The van der Waals surface area contributed by atoms with E-state index in [0.29, 0.717) is 12.8 Å². The topological polar surface area (TPSA) is 77.4 Å². The Bertz CT molecular complexity index is 312. The SMILES string of the molecule is CCCCC(C(=O)[O-])C(CCCC)C(=O)O.CC[N+](CC)(CC)CC. The zero-order chi connectivity index (χ0) is 19.9. The maximum Gasteiger partial charge on any atom is 0.307 e. The van der Waals surface area contributed by atoms with Crippen LogP contribution in [0.15, 0.2) is 0 Å². The van der Waals surface area contributed by atoms with Crippen molar-refractivity contribution in [1.82, 2.24) is 0 Å². The van der Waals surface area contributed by atoms with Gasteiger partial charge in [-0.15, -0.1) is 0 Å². The van der Waals surface area contributed by atoms with Crippen molar-refractivity contribution in [1.29, 1.82) is 0 Å². The lowest BCUT2D eigenvalue weighted by molar-refractivity contribution is -0.921. The van der Waals surface area contributed by atoms with Crippen LogP contribution in [0.25, 0.3) is 0 Å². The van der Waals surface area contributed by atoms with E-state index in [1.807, 2.05) is 13.8 Å². The number of carbonyl (C=O) groups excluding carboxylic acids is 1. The first-order valence-electron chi connectivity index (χ1n) is 10.1. The van der Waals surface area contributed by atoms with Gasteiger partial charge in [-0.3, -0.25) is 4.79 Å². The molecular weight excluding hydrogens is 318 g/mol. The number of quaternary nitrogens is 1. The normalized spacial score (nSPS) is 13.5. The molecule has 0 heterocycles. The van der Waals surface area contributed by atoms with Crippen LogP contribution >= 0.6 is 0 Å². The van der Waals surface area contributed by atoms with Crippen molar-refractivity contribution < 1.29 is 24.3 Å². The zero-order valence-corrected chi connectivity index (χ0v) is 17.3. The number of rotatable bonds is 13. The van der Waals surface area contributed by atoms with Crippen molar-refractivity contribution in [3.8, 4) is 0 Å². The van der Waals surface area contributed by atoms with E-state index in [4.69, 9.17) is 5.11 Å². The Hall–Kier alpha value is -1.10. The molecule has 5 heteroatoms. The molecule has 0 bridgehead atoms. The summed E-state index contributed by atoms with van der Waals surface area (Å²) in [5.41, 5.74) is 0. The molecule has 2 atom stereocenters. The third kappa shape index (κ3) is 10.5. The number of hydrogen-bond acceptors (Lipinski definition) is 3. The molecule has 0 amide bonds. The van der Waals surface area contributed by atoms with Crippen molar-refractivity contribution in [3.05, 3.63) is 0 Å². The molecule has 0 spiro atoms. The highest BCUT2D eigenvalue weighted by molar-refractivity contribution is 5.78. The van der Waals surface area contributed by atoms with Crippen molar-refractivity contribution in [2.24, 2.45) is 11.8 Å². The zero-order valence-electron chi connectivity index (χ0n) is 17.3. The molecule has 150 valence electrons. The van der Waals surface area contributed by atoms with Crippen LogP contribution in [0.1, 0.15) is 80.1 Å². The fourth-order valence-corrected chi connectivity index (χ4v) is 3.17. The Balaban J connectivity index is 0. The number of aliphatic carboxylic acids is 2. The lowest BCUT2D eigenvalue weighted by atomic mass is 9.84. The predicted molar refractivity (Wildman–Crippen MR) is 101 cm³/mol. The van der Waals surface area contributed by atoms with E-state index in [9.17, 15) is 14.7 Å². The molecule has 0 rings (SSSR count). The van der Waals surface area contributed by atoms with E-state index < -0.39 is 23.8 Å². The largest absolute Gasteiger partial charge is 0.550 e. The molecule has 0 fully saturated rings. The van der Waals surface area contributed by atoms with Crippen LogP contribution < -0.4 is 5.11 Å². The molecule has 0 aromatic heterocycles. The number of hydrogen-bond donors (Lipinski definition) is 1. The summed E-state index contributed by atoms with van der Waals surface area (Å²) in [5.74, 6) is -3.88. The highest BCUT2D eigenvalue weighted by Crippen LogP contribution is 2.24. The van der Waals surface area contributed by atoms with Gasteiger partial charge in [-0.05, 0) is 40.5 Å². The molecular formula is C20H41NO4. The van der Waals surface area contributed by atoms with Crippen LogP contribution in [0.4, 0.5) is 0 Å². The summed E-state index contributed by atoms with van der Waals surface area (Å²) in [5, 5.41) is 20.0. The summed E-state index contributed by atoms with van der Waals surface area (Å²) < 4.78 is 1.28. The first-order chi connectivity index (χ1) is 11.8. The molecule has 0 aliphatic rings. The van der Waals surface area contributed by atoms with Crippen molar-refractivity contribution in [3.63, 3.8) is 0 Å². The van der Waals surface area contributed by atoms with Gasteiger partial charge in [0.1, 0.15) is 0 Å². The summed E-state index contributed by atoms with van der Waals surface area (Å²) in [6.07, 6.45) is 4.04. The number of carbonyl (C=O) groups is 2. The second-order valence-corrected chi connectivity index (χ2v) is 6.76. The van der Waals surface area contributed by atoms with Gasteiger partial charge < -0.3 is 19.5 Å². The first-order valence-corrected chi connectivity index (χ1v) is 10.1. The summed E-state index contributed by atoms with van der Waals surface area (Å²) in [6.45, 7) is 18.1. The minimum absolute atomic E-state index is 0.402. The molecule has 0 aliphatic heterocycles. The van der Waals surface area contributed by atoms with Crippen LogP contribution in [-0.2, 0) is 9.59 Å². The molecule has 0 radical (unpaired) electrons. The van der Waals surface area contributed by atoms with E-state index in [1.54, 1.807) is 0 Å². The number of unbranched alkanes of at least 4 members (excludes halogenated alkanes) is 2. The fraction of sp³-hybridized carbons (Fsp3) is 0.900. The highest BCUT2D eigenvalue weighted by atomic mass is 16.4. The summed E-state index contributed by atoms with van der Waals surface area (Å²) in [7, 11) is 0. The lowest BCUT2D eigenvalue weighted by Crippen LogP contribution is -2.47. The summed E-state index contributed by atoms with van der Waals surface area (Å²) >= 11 is 0. The average Bonchev–Trinajstić information content (AvgIpc) is 2.60. The molecule has 0 saturated carbocycles.